The average Bonchev–Trinajstić information content (AvgIpc) is 2.76. The number of rotatable bonds is 10. The highest BCUT2D eigenvalue weighted by molar-refractivity contribution is 5.43. The van der Waals surface area contributed by atoms with Crippen molar-refractivity contribution in [3.63, 3.8) is 0 Å². The van der Waals surface area contributed by atoms with Gasteiger partial charge in [0.25, 0.3) is 0 Å². The van der Waals surface area contributed by atoms with Gasteiger partial charge in [0.05, 0.1) is 7.11 Å². The molecule has 1 N–H and O–H groups in total. The third-order valence-corrected chi connectivity index (χ3v) is 4.82. The molecule has 1 atom stereocenters. The van der Waals surface area contributed by atoms with Crippen LogP contribution in [0.3, 0.4) is 0 Å². The van der Waals surface area contributed by atoms with Gasteiger partial charge < -0.3 is 19.7 Å². The van der Waals surface area contributed by atoms with Gasteiger partial charge in [-0.25, -0.2) is 0 Å². The second-order valence-electron chi connectivity index (χ2n) is 7.16. The molecule has 5 nitrogen and oxygen atoms in total. The number of hydrogen-bond donors (Lipinski definition) is 1. The summed E-state index contributed by atoms with van der Waals surface area (Å²) in [6.07, 6.45) is 3.57. The van der Waals surface area contributed by atoms with Crippen LogP contribution in [0.2, 0.25) is 0 Å². The normalized spacial score (nSPS) is 12.0. The SMILES string of the molecule is COc1ccc(CNCC(c2ccccc2)N(C)C)cc1OCc1cccnc1. The van der Waals surface area contributed by atoms with E-state index < -0.39 is 0 Å². The highest BCUT2D eigenvalue weighted by Crippen LogP contribution is 2.29. The van der Waals surface area contributed by atoms with E-state index in [-0.39, 0.29) is 0 Å². The fourth-order valence-corrected chi connectivity index (χ4v) is 3.22. The second-order valence-corrected chi connectivity index (χ2v) is 7.16. The molecule has 5 heteroatoms. The maximum absolute atomic E-state index is 5.99. The maximum Gasteiger partial charge on any atom is 0.161 e. The lowest BCUT2D eigenvalue weighted by atomic mass is 10.1. The Morgan fingerprint density at radius 1 is 0.966 bits per heavy atom. The summed E-state index contributed by atoms with van der Waals surface area (Å²) in [7, 11) is 5.87. The summed E-state index contributed by atoms with van der Waals surface area (Å²) in [5.41, 5.74) is 3.48. The summed E-state index contributed by atoms with van der Waals surface area (Å²) < 4.78 is 11.4. The van der Waals surface area contributed by atoms with Crippen molar-refractivity contribution in [2.24, 2.45) is 0 Å². The van der Waals surface area contributed by atoms with Crippen molar-refractivity contribution in [1.82, 2.24) is 15.2 Å². The zero-order valence-electron chi connectivity index (χ0n) is 17.3. The molecule has 0 radical (unpaired) electrons. The minimum Gasteiger partial charge on any atom is -0.493 e. The molecule has 2 aromatic carbocycles. The van der Waals surface area contributed by atoms with Crippen molar-refractivity contribution in [3.05, 3.63) is 89.7 Å². The Morgan fingerprint density at radius 2 is 1.79 bits per heavy atom. The van der Waals surface area contributed by atoms with Gasteiger partial charge in [0.2, 0.25) is 0 Å². The van der Waals surface area contributed by atoms with Gasteiger partial charge in [0.15, 0.2) is 11.5 Å². The Labute approximate surface area is 173 Å². The molecule has 3 aromatic rings. The van der Waals surface area contributed by atoms with Crippen LogP contribution in [0.5, 0.6) is 11.5 Å². The smallest absolute Gasteiger partial charge is 0.161 e. The number of benzene rings is 2. The summed E-state index contributed by atoms with van der Waals surface area (Å²) in [5, 5.41) is 3.57. The van der Waals surface area contributed by atoms with E-state index in [0.29, 0.717) is 12.6 Å². The molecule has 0 bridgehead atoms. The van der Waals surface area contributed by atoms with Crippen LogP contribution in [0.15, 0.2) is 73.1 Å². The van der Waals surface area contributed by atoms with Crippen molar-refractivity contribution in [2.45, 2.75) is 19.2 Å². The van der Waals surface area contributed by atoms with Crippen LogP contribution in [-0.2, 0) is 13.2 Å². The molecule has 0 saturated carbocycles. The Hall–Kier alpha value is -2.89. The molecule has 0 spiro atoms. The summed E-state index contributed by atoms with van der Waals surface area (Å²) in [5.74, 6) is 1.47. The first-order chi connectivity index (χ1) is 14.2. The topological polar surface area (TPSA) is 46.6 Å². The fourth-order valence-electron chi connectivity index (χ4n) is 3.22. The number of likely N-dealkylation sites (N-methyl/N-ethyl adjacent to an activating group) is 1. The van der Waals surface area contributed by atoms with Gasteiger partial charge in [-0.15, -0.1) is 0 Å². The first kappa shape index (κ1) is 20.8. The Bertz CT molecular complexity index is 870. The third kappa shape index (κ3) is 6.04. The molecule has 0 fully saturated rings. The summed E-state index contributed by atoms with van der Waals surface area (Å²) in [6, 6.07) is 20.8. The fraction of sp³-hybridized carbons (Fsp3) is 0.292. The van der Waals surface area contributed by atoms with E-state index in [2.05, 4.69) is 59.6 Å². The van der Waals surface area contributed by atoms with Gasteiger partial charge in [0, 0.05) is 37.1 Å². The standard InChI is InChI=1S/C24H29N3O2/c1-27(2)22(21-9-5-4-6-10-21)17-26-15-19-11-12-23(28-3)24(14-19)29-18-20-8-7-13-25-16-20/h4-14,16,22,26H,15,17-18H2,1-3H3. The number of hydrogen-bond acceptors (Lipinski definition) is 5. The van der Waals surface area contributed by atoms with Crippen LogP contribution < -0.4 is 14.8 Å². The van der Waals surface area contributed by atoms with Crippen LogP contribution in [0, 0.1) is 0 Å². The van der Waals surface area contributed by atoms with Gasteiger partial charge in [0.1, 0.15) is 6.61 Å². The Kier molecular flexibility index (Phi) is 7.61. The zero-order chi connectivity index (χ0) is 20.5. The highest BCUT2D eigenvalue weighted by atomic mass is 16.5. The van der Waals surface area contributed by atoms with Crippen LogP contribution in [-0.4, -0.2) is 37.6 Å². The molecular formula is C24H29N3O2. The number of methoxy groups -OCH3 is 1. The predicted octanol–water partition coefficient (Wildman–Crippen LogP) is 4.06. The minimum atomic E-state index is 0.316. The van der Waals surface area contributed by atoms with E-state index in [1.807, 2.05) is 36.5 Å². The molecule has 0 aliphatic carbocycles. The first-order valence-electron chi connectivity index (χ1n) is 9.78. The quantitative estimate of drug-likeness (QED) is 0.565. The van der Waals surface area contributed by atoms with E-state index in [9.17, 15) is 0 Å². The number of ether oxygens (including phenoxy) is 2. The van der Waals surface area contributed by atoms with Crippen molar-refractivity contribution in [3.8, 4) is 11.5 Å². The lowest BCUT2D eigenvalue weighted by Gasteiger charge is -2.25. The molecule has 3 rings (SSSR count). The van der Waals surface area contributed by atoms with E-state index in [1.54, 1.807) is 13.3 Å². The zero-order valence-corrected chi connectivity index (χ0v) is 17.3. The summed E-state index contributed by atoms with van der Waals surface area (Å²) >= 11 is 0. The summed E-state index contributed by atoms with van der Waals surface area (Å²) in [4.78, 5) is 6.36. The number of nitrogens with one attached hydrogen (secondary N) is 1. The number of aromatic nitrogens is 1. The first-order valence-corrected chi connectivity index (χ1v) is 9.78. The highest BCUT2D eigenvalue weighted by Gasteiger charge is 2.13. The third-order valence-electron chi connectivity index (χ3n) is 4.82. The largest absolute Gasteiger partial charge is 0.493 e. The number of nitrogens with zero attached hydrogens (tertiary/aromatic N) is 2. The predicted molar refractivity (Wildman–Crippen MR) is 116 cm³/mol. The van der Waals surface area contributed by atoms with E-state index in [1.165, 1.54) is 5.56 Å². The van der Waals surface area contributed by atoms with Crippen molar-refractivity contribution in [1.29, 1.82) is 0 Å². The monoisotopic (exact) mass is 391 g/mol. The Morgan fingerprint density at radius 3 is 2.48 bits per heavy atom. The molecule has 1 aromatic heterocycles. The van der Waals surface area contributed by atoms with Crippen LogP contribution >= 0.6 is 0 Å². The van der Waals surface area contributed by atoms with E-state index in [4.69, 9.17) is 9.47 Å². The van der Waals surface area contributed by atoms with Gasteiger partial charge in [-0.2, -0.15) is 0 Å². The van der Waals surface area contributed by atoms with Crippen LogP contribution in [0.4, 0.5) is 0 Å². The molecule has 29 heavy (non-hydrogen) atoms. The molecule has 0 aliphatic rings. The molecule has 1 heterocycles. The molecule has 0 aliphatic heterocycles. The van der Waals surface area contributed by atoms with Crippen LogP contribution in [0.25, 0.3) is 0 Å². The maximum atomic E-state index is 5.99. The minimum absolute atomic E-state index is 0.316. The Balaban J connectivity index is 1.61. The number of pyridine rings is 1. The van der Waals surface area contributed by atoms with Crippen molar-refractivity contribution in [2.75, 3.05) is 27.7 Å². The van der Waals surface area contributed by atoms with Crippen molar-refractivity contribution >= 4 is 0 Å². The van der Waals surface area contributed by atoms with Crippen LogP contribution in [0.1, 0.15) is 22.7 Å². The molecule has 1 unspecified atom stereocenters. The van der Waals surface area contributed by atoms with Gasteiger partial charge in [-0.1, -0.05) is 42.5 Å². The lowest BCUT2D eigenvalue weighted by molar-refractivity contribution is 0.282. The molecule has 152 valence electrons. The summed E-state index contributed by atoms with van der Waals surface area (Å²) in [6.45, 7) is 2.07. The average molecular weight is 392 g/mol. The van der Waals surface area contributed by atoms with Gasteiger partial charge in [-0.05, 0) is 43.4 Å². The van der Waals surface area contributed by atoms with E-state index >= 15 is 0 Å². The molecule has 0 amide bonds. The van der Waals surface area contributed by atoms with Crippen molar-refractivity contribution < 1.29 is 9.47 Å². The van der Waals surface area contributed by atoms with E-state index in [0.717, 1.165) is 35.7 Å². The van der Waals surface area contributed by atoms with Gasteiger partial charge >= 0.3 is 0 Å². The molecule has 0 saturated heterocycles. The second kappa shape index (κ2) is 10.6. The molecular weight excluding hydrogens is 362 g/mol. The lowest BCUT2D eigenvalue weighted by Crippen LogP contribution is -2.30. The van der Waals surface area contributed by atoms with Gasteiger partial charge in [-0.3, -0.25) is 4.98 Å².